The van der Waals surface area contributed by atoms with E-state index in [1.165, 1.54) is 18.2 Å². The van der Waals surface area contributed by atoms with E-state index in [2.05, 4.69) is 25.8 Å². The normalized spacial score (nSPS) is 11.1. The average Bonchev–Trinajstić information content (AvgIpc) is 2.90. The third-order valence-electron chi connectivity index (χ3n) is 5.89. The number of nitrogens with zero attached hydrogens (tertiary/aromatic N) is 3. The molecule has 42 heavy (non-hydrogen) atoms. The SMILES string of the molecule is CN(C)CCCCN(Cc1ccc(C(=O)Nc2ccccc2NC(=O)OC(C)(C)C)nc1)C(=O)Nc1cccc(F)c1. The maximum atomic E-state index is 13.6. The first-order valence-electron chi connectivity index (χ1n) is 13.7. The summed E-state index contributed by atoms with van der Waals surface area (Å²) in [6.45, 7) is 6.91. The number of para-hydroxylation sites is 2. The smallest absolute Gasteiger partial charge is 0.412 e. The molecule has 0 spiro atoms. The highest BCUT2D eigenvalue weighted by Gasteiger charge is 2.19. The van der Waals surface area contributed by atoms with Gasteiger partial charge in [-0.05, 0) is 96.2 Å². The summed E-state index contributed by atoms with van der Waals surface area (Å²) in [6, 6.07) is 15.4. The molecule has 224 valence electrons. The van der Waals surface area contributed by atoms with E-state index in [0.29, 0.717) is 23.6 Å². The lowest BCUT2D eigenvalue weighted by atomic mass is 10.2. The van der Waals surface area contributed by atoms with E-state index in [1.54, 1.807) is 74.3 Å². The van der Waals surface area contributed by atoms with Crippen molar-refractivity contribution in [2.24, 2.45) is 0 Å². The number of anilines is 3. The fourth-order valence-electron chi connectivity index (χ4n) is 3.93. The summed E-state index contributed by atoms with van der Waals surface area (Å²) in [5.41, 5.74) is 1.34. The molecule has 3 N–H and O–H groups in total. The van der Waals surface area contributed by atoms with E-state index in [1.807, 2.05) is 14.1 Å². The predicted molar refractivity (Wildman–Crippen MR) is 162 cm³/mol. The second-order valence-electron chi connectivity index (χ2n) is 11.1. The molecule has 3 aromatic rings. The van der Waals surface area contributed by atoms with Crippen LogP contribution in [0.1, 0.15) is 49.7 Å². The predicted octanol–water partition coefficient (Wildman–Crippen LogP) is 6.20. The molecular weight excluding hydrogens is 539 g/mol. The Bertz CT molecular complexity index is 1360. The molecule has 1 heterocycles. The third-order valence-corrected chi connectivity index (χ3v) is 5.89. The summed E-state index contributed by atoms with van der Waals surface area (Å²) >= 11 is 0. The van der Waals surface area contributed by atoms with Crippen molar-refractivity contribution >= 4 is 35.1 Å². The topological polar surface area (TPSA) is 116 Å². The average molecular weight is 579 g/mol. The van der Waals surface area contributed by atoms with Gasteiger partial charge in [-0.3, -0.25) is 15.1 Å². The molecule has 10 nitrogen and oxygen atoms in total. The van der Waals surface area contributed by atoms with Crippen LogP contribution in [0.5, 0.6) is 0 Å². The van der Waals surface area contributed by atoms with E-state index in [9.17, 15) is 18.8 Å². The van der Waals surface area contributed by atoms with Crippen molar-refractivity contribution in [2.75, 3.05) is 43.1 Å². The largest absolute Gasteiger partial charge is 0.444 e. The summed E-state index contributed by atoms with van der Waals surface area (Å²) in [6.07, 6.45) is 2.58. The highest BCUT2D eigenvalue weighted by Crippen LogP contribution is 2.23. The molecule has 0 bridgehead atoms. The highest BCUT2D eigenvalue weighted by atomic mass is 19.1. The molecule has 3 rings (SSSR count). The van der Waals surface area contributed by atoms with Gasteiger partial charge in [-0.1, -0.05) is 24.3 Å². The lowest BCUT2D eigenvalue weighted by Gasteiger charge is -2.24. The Hall–Kier alpha value is -4.51. The number of hydrogen-bond acceptors (Lipinski definition) is 6. The molecule has 4 amide bonds. The third kappa shape index (κ3) is 10.8. The number of halogens is 1. The Kier molecular flexibility index (Phi) is 11.4. The van der Waals surface area contributed by atoms with Gasteiger partial charge in [0.1, 0.15) is 17.1 Å². The number of carbonyl (C=O) groups is 3. The number of pyridine rings is 1. The summed E-state index contributed by atoms with van der Waals surface area (Å²) in [5, 5.41) is 8.17. The van der Waals surface area contributed by atoms with Gasteiger partial charge in [0.15, 0.2) is 0 Å². The summed E-state index contributed by atoms with van der Waals surface area (Å²) < 4.78 is 18.9. The van der Waals surface area contributed by atoms with E-state index in [0.717, 1.165) is 24.9 Å². The van der Waals surface area contributed by atoms with Crippen LogP contribution in [0.15, 0.2) is 66.9 Å². The van der Waals surface area contributed by atoms with Gasteiger partial charge in [0.25, 0.3) is 5.91 Å². The fourth-order valence-corrected chi connectivity index (χ4v) is 3.93. The van der Waals surface area contributed by atoms with Crippen molar-refractivity contribution in [1.29, 1.82) is 0 Å². The number of nitrogens with one attached hydrogen (secondary N) is 3. The number of carbonyl (C=O) groups excluding carboxylic acids is 3. The monoisotopic (exact) mass is 578 g/mol. The fraction of sp³-hybridized carbons (Fsp3) is 0.355. The Morgan fingerprint density at radius 1 is 0.881 bits per heavy atom. The van der Waals surface area contributed by atoms with Crippen molar-refractivity contribution in [2.45, 2.75) is 45.8 Å². The summed E-state index contributed by atoms with van der Waals surface area (Å²) in [5.74, 6) is -0.906. The molecular formula is C31H39FN6O4. The second kappa shape index (κ2) is 14.9. The van der Waals surface area contributed by atoms with Crippen LogP contribution in [-0.2, 0) is 11.3 Å². The molecule has 0 saturated heterocycles. The van der Waals surface area contributed by atoms with Crippen molar-refractivity contribution in [1.82, 2.24) is 14.8 Å². The van der Waals surface area contributed by atoms with Crippen LogP contribution in [0, 0.1) is 5.82 Å². The van der Waals surface area contributed by atoms with Gasteiger partial charge in [0.2, 0.25) is 0 Å². The number of hydrogen-bond donors (Lipinski definition) is 3. The summed E-state index contributed by atoms with van der Waals surface area (Å²) in [7, 11) is 3.99. The Labute approximate surface area is 246 Å². The highest BCUT2D eigenvalue weighted by molar-refractivity contribution is 6.05. The minimum absolute atomic E-state index is 0.160. The zero-order chi connectivity index (χ0) is 30.7. The van der Waals surface area contributed by atoms with Crippen LogP contribution in [0.4, 0.5) is 31.0 Å². The van der Waals surface area contributed by atoms with Crippen LogP contribution in [0.3, 0.4) is 0 Å². The molecule has 0 fully saturated rings. The van der Waals surface area contributed by atoms with Crippen LogP contribution in [0.2, 0.25) is 0 Å². The minimum Gasteiger partial charge on any atom is -0.444 e. The molecule has 0 saturated carbocycles. The molecule has 0 aliphatic heterocycles. The van der Waals surface area contributed by atoms with Gasteiger partial charge in [-0.15, -0.1) is 0 Å². The van der Waals surface area contributed by atoms with Gasteiger partial charge in [0, 0.05) is 25.0 Å². The first kappa shape index (κ1) is 32.0. The van der Waals surface area contributed by atoms with Crippen molar-refractivity contribution < 1.29 is 23.5 Å². The molecule has 0 radical (unpaired) electrons. The van der Waals surface area contributed by atoms with Crippen LogP contribution < -0.4 is 16.0 Å². The molecule has 11 heteroatoms. The maximum absolute atomic E-state index is 13.6. The van der Waals surface area contributed by atoms with E-state index in [4.69, 9.17) is 4.74 Å². The molecule has 0 unspecified atom stereocenters. The number of urea groups is 1. The first-order chi connectivity index (χ1) is 19.9. The Morgan fingerprint density at radius 2 is 1.57 bits per heavy atom. The van der Waals surface area contributed by atoms with Crippen molar-refractivity contribution in [3.63, 3.8) is 0 Å². The van der Waals surface area contributed by atoms with Crippen LogP contribution >= 0.6 is 0 Å². The molecule has 0 atom stereocenters. The zero-order valence-electron chi connectivity index (χ0n) is 24.7. The minimum atomic E-state index is -0.671. The number of aromatic nitrogens is 1. The molecule has 2 aromatic carbocycles. The van der Waals surface area contributed by atoms with Gasteiger partial charge >= 0.3 is 12.1 Å². The van der Waals surface area contributed by atoms with Crippen LogP contribution in [-0.4, -0.2) is 65.6 Å². The van der Waals surface area contributed by atoms with Gasteiger partial charge < -0.3 is 25.2 Å². The van der Waals surface area contributed by atoms with Gasteiger partial charge in [0.05, 0.1) is 11.4 Å². The van der Waals surface area contributed by atoms with Crippen molar-refractivity contribution in [3.05, 3.63) is 83.9 Å². The first-order valence-corrected chi connectivity index (χ1v) is 13.7. The Balaban J connectivity index is 1.67. The lowest BCUT2D eigenvalue weighted by molar-refractivity contribution is 0.0635. The van der Waals surface area contributed by atoms with E-state index < -0.39 is 23.4 Å². The number of benzene rings is 2. The van der Waals surface area contributed by atoms with Crippen LogP contribution in [0.25, 0.3) is 0 Å². The lowest BCUT2D eigenvalue weighted by Crippen LogP contribution is -2.35. The second-order valence-corrected chi connectivity index (χ2v) is 11.1. The Morgan fingerprint density at radius 3 is 2.19 bits per heavy atom. The number of ether oxygens (including phenoxy) is 1. The number of rotatable bonds is 11. The zero-order valence-corrected chi connectivity index (χ0v) is 24.7. The maximum Gasteiger partial charge on any atom is 0.412 e. The van der Waals surface area contributed by atoms with E-state index >= 15 is 0 Å². The van der Waals surface area contributed by atoms with Gasteiger partial charge in [-0.25, -0.2) is 14.0 Å². The number of unbranched alkanes of at least 4 members (excludes halogenated alkanes) is 1. The van der Waals surface area contributed by atoms with Crippen molar-refractivity contribution in [3.8, 4) is 0 Å². The quantitative estimate of drug-likeness (QED) is 0.234. The van der Waals surface area contributed by atoms with Gasteiger partial charge in [-0.2, -0.15) is 0 Å². The number of amides is 4. The standard InChI is InChI=1S/C31H39FN6O4/c1-31(2,3)42-30(41)36-26-14-7-6-13-25(26)35-28(39)27-16-15-22(20-33-27)21-38(18-9-8-17-37(4)5)29(40)34-24-12-10-11-23(32)19-24/h6-7,10-16,19-20H,8-9,17-18,21H2,1-5H3,(H,34,40)(H,35,39)(H,36,41). The molecule has 1 aromatic heterocycles. The summed E-state index contributed by atoms with van der Waals surface area (Å²) in [4.78, 5) is 46.3. The molecule has 0 aliphatic rings. The molecule has 0 aliphatic carbocycles. The van der Waals surface area contributed by atoms with E-state index in [-0.39, 0.29) is 18.3 Å².